The second kappa shape index (κ2) is 4.08. The summed E-state index contributed by atoms with van der Waals surface area (Å²) in [7, 11) is 0. The van der Waals surface area contributed by atoms with E-state index >= 15 is 0 Å². The molecule has 3 nitrogen and oxygen atoms in total. The molecule has 5 heteroatoms. The van der Waals surface area contributed by atoms with Gasteiger partial charge in [0.15, 0.2) is 5.52 Å². The summed E-state index contributed by atoms with van der Waals surface area (Å²) >= 11 is 12.2. The summed E-state index contributed by atoms with van der Waals surface area (Å²) in [6.07, 6.45) is 0. The lowest BCUT2D eigenvalue weighted by Gasteiger charge is -2.10. The molecule has 1 aliphatic carbocycles. The normalized spacial score (nSPS) is 11.9. The van der Waals surface area contributed by atoms with Crippen LogP contribution >= 0.6 is 23.2 Å². The average molecular weight is 303 g/mol. The highest BCUT2D eigenvalue weighted by Crippen LogP contribution is 2.48. The number of hydrogen-bond acceptors (Lipinski definition) is 2. The van der Waals surface area contributed by atoms with Crippen LogP contribution in [-0.4, -0.2) is 4.98 Å². The van der Waals surface area contributed by atoms with Crippen molar-refractivity contribution in [2.75, 3.05) is 0 Å². The van der Waals surface area contributed by atoms with Crippen molar-refractivity contribution in [2.24, 2.45) is 0 Å². The highest BCUT2D eigenvalue weighted by atomic mass is 35.5. The molecule has 0 saturated carbocycles. The molecule has 0 fully saturated rings. The molecule has 3 aromatic rings. The number of alkyl halides is 1. The molecule has 0 bridgehead atoms. The van der Waals surface area contributed by atoms with Crippen LogP contribution in [0.5, 0.6) is 0 Å². The lowest BCUT2D eigenvalue weighted by molar-refractivity contribution is -0.603. The fraction of sp³-hybridized carbons (Fsp3) is 0.0667. The lowest BCUT2D eigenvalue weighted by atomic mass is 10.1. The molecule has 98 valence electrons. The summed E-state index contributed by atoms with van der Waals surface area (Å²) in [5, 5.41) is 13.9. The molecule has 4 rings (SSSR count). The number of fused-ring (bicyclic) bond motifs is 3. The maximum atomic E-state index is 12.5. The van der Waals surface area contributed by atoms with Crippen molar-refractivity contribution >= 4 is 34.1 Å². The van der Waals surface area contributed by atoms with Gasteiger partial charge in [0.05, 0.1) is 5.39 Å². The number of benzene rings is 2. The minimum Gasteiger partial charge on any atom is -0.710 e. The first-order valence-corrected chi connectivity index (χ1v) is 7.04. The molecule has 0 unspecified atom stereocenters. The minimum atomic E-state index is 0.0760. The maximum Gasteiger partial charge on any atom is 0.317 e. The van der Waals surface area contributed by atoms with E-state index in [4.69, 9.17) is 23.2 Å². The van der Waals surface area contributed by atoms with Crippen molar-refractivity contribution in [1.82, 2.24) is 4.98 Å². The molecule has 0 amide bonds. The molecule has 0 atom stereocenters. The molecule has 20 heavy (non-hydrogen) atoms. The molecular weight excluding hydrogens is 295 g/mol. The van der Waals surface area contributed by atoms with Gasteiger partial charge in [-0.15, -0.1) is 11.6 Å². The van der Waals surface area contributed by atoms with Gasteiger partial charge in [-0.2, -0.15) is 0 Å². The standard InChI is InChI=1S/C15H8Cl2N2O/c16-7-12-18-11-6-5-10(17)13-8-3-1-2-4-9(8)15(14(11)13)19(12)20/h1-6H,7H2. The van der Waals surface area contributed by atoms with Gasteiger partial charge in [-0.25, -0.2) is 4.73 Å². The Bertz CT molecular complexity index is 877. The summed E-state index contributed by atoms with van der Waals surface area (Å²) in [5.74, 6) is 0.381. The molecule has 0 aliphatic heterocycles. The van der Waals surface area contributed by atoms with Crippen LogP contribution in [0.15, 0.2) is 36.4 Å². The Balaban J connectivity index is 2.29. The van der Waals surface area contributed by atoms with E-state index in [1.165, 1.54) is 0 Å². The van der Waals surface area contributed by atoms with Gasteiger partial charge in [0.2, 0.25) is 0 Å². The molecule has 2 aromatic carbocycles. The Kier molecular flexibility index (Phi) is 2.43. The Morgan fingerprint density at radius 2 is 1.85 bits per heavy atom. The summed E-state index contributed by atoms with van der Waals surface area (Å²) in [5.41, 5.74) is 4.07. The fourth-order valence-corrected chi connectivity index (χ4v) is 3.24. The van der Waals surface area contributed by atoms with Crippen LogP contribution in [0.4, 0.5) is 0 Å². The van der Waals surface area contributed by atoms with Gasteiger partial charge < -0.3 is 5.21 Å². The van der Waals surface area contributed by atoms with Crippen molar-refractivity contribution < 1.29 is 4.73 Å². The van der Waals surface area contributed by atoms with E-state index in [9.17, 15) is 5.21 Å². The van der Waals surface area contributed by atoms with E-state index in [2.05, 4.69) is 4.98 Å². The highest BCUT2D eigenvalue weighted by Gasteiger charge is 2.31. The predicted molar refractivity (Wildman–Crippen MR) is 79.7 cm³/mol. The third-order valence-corrected chi connectivity index (χ3v) is 4.18. The number of rotatable bonds is 1. The van der Waals surface area contributed by atoms with E-state index in [0.29, 0.717) is 16.5 Å². The van der Waals surface area contributed by atoms with Gasteiger partial charge in [-0.1, -0.05) is 35.9 Å². The van der Waals surface area contributed by atoms with Crippen LogP contribution < -0.4 is 4.73 Å². The SMILES string of the molecule is [O-][n+]1c(CCl)nc2ccc(Cl)c3c2c1-c1ccccc1-3. The van der Waals surface area contributed by atoms with Crippen LogP contribution in [0.1, 0.15) is 5.82 Å². The monoisotopic (exact) mass is 302 g/mol. The van der Waals surface area contributed by atoms with Crippen LogP contribution in [0.2, 0.25) is 5.02 Å². The molecule has 1 aliphatic rings. The molecule has 1 heterocycles. The van der Waals surface area contributed by atoms with Gasteiger partial charge in [0.1, 0.15) is 11.6 Å². The van der Waals surface area contributed by atoms with Crippen LogP contribution in [-0.2, 0) is 5.88 Å². The Hall–Kier alpha value is -1.84. The van der Waals surface area contributed by atoms with E-state index in [1.54, 1.807) is 0 Å². The zero-order valence-corrected chi connectivity index (χ0v) is 11.7. The van der Waals surface area contributed by atoms with Gasteiger partial charge in [0, 0.05) is 16.1 Å². The van der Waals surface area contributed by atoms with Crippen LogP contribution in [0.3, 0.4) is 0 Å². The third-order valence-electron chi connectivity index (χ3n) is 3.63. The predicted octanol–water partition coefficient (Wildman–Crippen LogP) is 3.91. The van der Waals surface area contributed by atoms with E-state index in [0.717, 1.165) is 32.3 Å². The number of hydrogen-bond donors (Lipinski definition) is 0. The summed E-state index contributed by atoms with van der Waals surface area (Å²) < 4.78 is 0.820. The van der Waals surface area contributed by atoms with Gasteiger partial charge in [0.25, 0.3) is 0 Å². The molecule has 0 radical (unpaired) electrons. The zero-order chi connectivity index (χ0) is 13.9. The Morgan fingerprint density at radius 1 is 1.10 bits per heavy atom. The van der Waals surface area contributed by atoms with Crippen molar-refractivity contribution in [3.05, 3.63) is 52.5 Å². The van der Waals surface area contributed by atoms with Gasteiger partial charge in [-0.05, 0) is 22.7 Å². The molecule has 0 N–H and O–H groups in total. The molecule has 0 spiro atoms. The first-order valence-electron chi connectivity index (χ1n) is 6.12. The van der Waals surface area contributed by atoms with Crippen molar-refractivity contribution in [2.45, 2.75) is 5.88 Å². The minimum absolute atomic E-state index is 0.0760. The third kappa shape index (κ3) is 1.37. The Labute approximate surface area is 125 Å². The zero-order valence-electron chi connectivity index (χ0n) is 10.2. The number of nitrogens with zero attached hydrogens (tertiary/aromatic N) is 2. The number of aromatic nitrogens is 2. The summed E-state index contributed by atoms with van der Waals surface area (Å²) in [4.78, 5) is 4.34. The van der Waals surface area contributed by atoms with Crippen molar-refractivity contribution in [3.8, 4) is 22.4 Å². The largest absolute Gasteiger partial charge is 0.710 e. The van der Waals surface area contributed by atoms with Crippen LogP contribution in [0, 0.1) is 5.21 Å². The topological polar surface area (TPSA) is 39.8 Å². The Morgan fingerprint density at radius 3 is 2.60 bits per heavy atom. The first-order chi connectivity index (χ1) is 9.72. The maximum absolute atomic E-state index is 12.5. The molecule has 0 saturated heterocycles. The van der Waals surface area contributed by atoms with Gasteiger partial charge >= 0.3 is 5.82 Å². The van der Waals surface area contributed by atoms with Crippen molar-refractivity contribution in [1.29, 1.82) is 0 Å². The lowest BCUT2D eigenvalue weighted by Crippen LogP contribution is -2.35. The molecular formula is C15H8Cl2N2O. The highest BCUT2D eigenvalue weighted by molar-refractivity contribution is 6.36. The van der Waals surface area contributed by atoms with Crippen LogP contribution in [0.25, 0.3) is 33.3 Å². The van der Waals surface area contributed by atoms with E-state index < -0.39 is 0 Å². The second-order valence-electron chi connectivity index (χ2n) is 4.67. The number of halogens is 2. The quantitative estimate of drug-likeness (QED) is 0.304. The fourth-order valence-electron chi connectivity index (χ4n) is 2.81. The summed E-state index contributed by atoms with van der Waals surface area (Å²) in [6.45, 7) is 0. The van der Waals surface area contributed by atoms with Crippen molar-refractivity contribution in [3.63, 3.8) is 0 Å². The van der Waals surface area contributed by atoms with E-state index in [-0.39, 0.29) is 5.88 Å². The average Bonchev–Trinajstić information content (AvgIpc) is 2.82. The van der Waals surface area contributed by atoms with E-state index in [1.807, 2.05) is 36.4 Å². The van der Waals surface area contributed by atoms with Gasteiger partial charge in [-0.3, -0.25) is 0 Å². The second-order valence-corrected chi connectivity index (χ2v) is 5.34. The molecule has 1 aromatic heterocycles. The first kappa shape index (κ1) is 11.9. The smallest absolute Gasteiger partial charge is 0.317 e. The summed E-state index contributed by atoms with van der Waals surface area (Å²) in [6, 6.07) is 11.4.